The van der Waals surface area contributed by atoms with Gasteiger partial charge in [-0.2, -0.15) is 0 Å². The van der Waals surface area contributed by atoms with Crippen LogP contribution in [0.15, 0.2) is 0 Å². The zero-order valence-electron chi connectivity index (χ0n) is 5.02. The molecule has 0 aliphatic rings. The third kappa shape index (κ3) is 7.58. The van der Waals surface area contributed by atoms with E-state index in [0.717, 1.165) is 0 Å². The van der Waals surface area contributed by atoms with E-state index in [-0.39, 0.29) is 0 Å². The van der Waals surface area contributed by atoms with Crippen LogP contribution in [-0.4, -0.2) is 33.7 Å². The fourth-order valence-corrected chi connectivity index (χ4v) is 0.712. The molecule has 0 aromatic heterocycles. The largest absolute Gasteiger partial charge is 0.480 e. The summed E-state index contributed by atoms with van der Waals surface area (Å²) in [6.45, 7) is -0.439. The molecule has 0 bridgehead atoms. The summed E-state index contributed by atoms with van der Waals surface area (Å²) in [6, 6.07) is 0. The van der Waals surface area contributed by atoms with E-state index in [0.29, 0.717) is 0 Å². The van der Waals surface area contributed by atoms with Crippen molar-refractivity contribution in [1.29, 1.82) is 0 Å². The minimum atomic E-state index is -4.10. The second-order valence-corrected chi connectivity index (χ2v) is 3.29. The molecule has 4 N–H and O–H groups in total. The number of nitrogens with one attached hydrogen (secondary N) is 1. The van der Waals surface area contributed by atoms with Crippen LogP contribution in [0.5, 0.6) is 0 Å². The Balaban J connectivity index is 3.39. The van der Waals surface area contributed by atoms with E-state index in [2.05, 4.69) is 5.32 Å². The number of carboxylic acids is 1. The molecule has 6 nitrogen and oxygen atoms in total. The molecule has 0 amide bonds. The summed E-state index contributed by atoms with van der Waals surface area (Å²) in [7, 11) is -4.10. The molecule has 0 saturated carbocycles. The molecule has 60 valence electrons. The molecule has 0 aromatic carbocycles. The predicted molar refractivity (Wildman–Crippen MR) is 32.5 cm³/mol. The van der Waals surface area contributed by atoms with Crippen molar-refractivity contribution in [3.63, 3.8) is 0 Å². The van der Waals surface area contributed by atoms with Crippen molar-refractivity contribution in [3.05, 3.63) is 0 Å². The van der Waals surface area contributed by atoms with Gasteiger partial charge in [0.2, 0.25) is 0 Å². The van der Waals surface area contributed by atoms with Gasteiger partial charge in [0.05, 0.1) is 12.8 Å². The van der Waals surface area contributed by atoms with Crippen LogP contribution in [0.4, 0.5) is 0 Å². The molecule has 0 aliphatic heterocycles. The maximum absolute atomic E-state index is 10.1. The summed E-state index contributed by atoms with van der Waals surface area (Å²) in [5.41, 5.74) is 0. The minimum Gasteiger partial charge on any atom is -0.480 e. The number of carbonyl (C=O) groups is 1. The summed E-state index contributed by atoms with van der Waals surface area (Å²) < 4.78 is 10.1. The Kier molecular flexibility index (Phi) is 3.52. The molecule has 0 heterocycles. The summed E-state index contributed by atoms with van der Waals surface area (Å²) >= 11 is 0. The average Bonchev–Trinajstić information content (AvgIpc) is 1.59. The third-order valence-corrected chi connectivity index (χ3v) is 1.23. The van der Waals surface area contributed by atoms with Crippen LogP contribution in [0.2, 0.25) is 0 Å². The molecule has 0 unspecified atom stereocenters. The quantitative estimate of drug-likeness (QED) is 0.241. The van der Waals surface area contributed by atoms with Gasteiger partial charge >= 0.3 is 13.6 Å². The Morgan fingerprint density at radius 2 is 2.00 bits per heavy atom. The van der Waals surface area contributed by atoms with Crippen LogP contribution in [-0.2, 0) is 9.36 Å². The highest BCUT2D eigenvalue weighted by molar-refractivity contribution is 7.51. The normalized spacial score (nSPS) is 11.4. The smallest absolute Gasteiger partial charge is 0.339 e. The van der Waals surface area contributed by atoms with Gasteiger partial charge in [-0.1, -0.05) is 0 Å². The Morgan fingerprint density at radius 1 is 1.50 bits per heavy atom. The first-order valence-corrected chi connectivity index (χ1v) is 4.18. The van der Waals surface area contributed by atoms with E-state index < -0.39 is 26.4 Å². The van der Waals surface area contributed by atoms with Gasteiger partial charge in [-0.05, 0) is 0 Å². The average molecular weight is 172 g/mol. The molecule has 0 spiro atoms. The van der Waals surface area contributed by atoms with E-state index in [1.165, 1.54) is 0 Å². The molecule has 10 heavy (non-hydrogen) atoms. The van der Waals surface area contributed by atoms with E-state index in [1.54, 1.807) is 0 Å². The van der Waals surface area contributed by atoms with Crippen LogP contribution in [0, 0.1) is 0 Å². The second kappa shape index (κ2) is 3.68. The van der Waals surface area contributed by atoms with Gasteiger partial charge in [0.1, 0.15) is 0 Å². The fourth-order valence-electron chi connectivity index (χ4n) is 0.308. The molecule has 0 aromatic rings. The molecular formula is C3H8NO5P. The topological polar surface area (TPSA) is 107 Å². The Labute approximate surface area is 57.0 Å². The van der Waals surface area contributed by atoms with Crippen molar-refractivity contribution in [3.8, 4) is 0 Å². The van der Waals surface area contributed by atoms with Crippen LogP contribution < -0.4 is 5.32 Å². The van der Waals surface area contributed by atoms with Gasteiger partial charge in [0.25, 0.3) is 0 Å². The summed E-state index contributed by atoms with van der Waals surface area (Å²) in [6.07, 6.45) is -0.598. The number of hydrogen-bond donors (Lipinski definition) is 4. The molecule has 0 rings (SSSR count). The predicted octanol–water partition coefficient (Wildman–Crippen LogP) is -1.20. The third-order valence-electron chi connectivity index (χ3n) is 0.594. The van der Waals surface area contributed by atoms with Crippen molar-refractivity contribution in [2.24, 2.45) is 0 Å². The summed E-state index contributed by atoms with van der Waals surface area (Å²) in [4.78, 5) is 26.1. The highest BCUT2D eigenvalue weighted by Gasteiger charge is 2.11. The highest BCUT2D eigenvalue weighted by atomic mass is 31.2. The number of carboxylic acid groups (broad SMARTS) is 1. The fraction of sp³-hybridized carbons (Fsp3) is 0.667. The number of hydrogen-bond acceptors (Lipinski definition) is 3. The Morgan fingerprint density at radius 3 is 2.30 bits per heavy atom. The van der Waals surface area contributed by atoms with Crippen LogP contribution >= 0.6 is 7.60 Å². The zero-order chi connectivity index (χ0) is 8.20. The lowest BCUT2D eigenvalue weighted by Crippen LogP contribution is -2.23. The first-order chi connectivity index (χ1) is 4.42. The lowest BCUT2D eigenvalue weighted by molar-refractivity contribution is -0.135. The first-order valence-electron chi connectivity index (χ1n) is 2.39. The Bertz CT molecular complexity index is 162. The number of rotatable bonds is 4. The highest BCUT2D eigenvalue weighted by Crippen LogP contribution is 2.31. The maximum Gasteiger partial charge on any atom is 0.339 e. The van der Waals surface area contributed by atoms with E-state index >= 15 is 0 Å². The molecule has 7 heteroatoms. The SMILES string of the molecule is O=[13C](O)[13CH2][15NH]CP(=O)(O)O. The lowest BCUT2D eigenvalue weighted by Gasteiger charge is -2.02. The van der Waals surface area contributed by atoms with Gasteiger partial charge in [0.15, 0.2) is 0 Å². The van der Waals surface area contributed by atoms with Crippen LogP contribution in [0.1, 0.15) is 0 Å². The van der Waals surface area contributed by atoms with Crippen LogP contribution in [0.3, 0.4) is 0 Å². The van der Waals surface area contributed by atoms with Gasteiger partial charge in [-0.15, -0.1) is 0 Å². The summed E-state index contributed by atoms with van der Waals surface area (Å²) in [5.74, 6) is -1.14. The second-order valence-electron chi connectivity index (χ2n) is 1.64. The van der Waals surface area contributed by atoms with Gasteiger partial charge in [-0.3, -0.25) is 14.7 Å². The maximum atomic E-state index is 10.1. The van der Waals surface area contributed by atoms with Crippen molar-refractivity contribution < 1.29 is 24.3 Å². The number of aliphatic carboxylic acids is 1. The minimum absolute atomic E-state index is 0.439. The van der Waals surface area contributed by atoms with Gasteiger partial charge in [-0.25, -0.2) is 0 Å². The van der Waals surface area contributed by atoms with Crippen molar-refractivity contribution in [1.82, 2.24) is 5.32 Å². The van der Waals surface area contributed by atoms with E-state index in [4.69, 9.17) is 14.9 Å². The van der Waals surface area contributed by atoms with Gasteiger partial charge < -0.3 is 14.9 Å². The monoisotopic (exact) mass is 172 g/mol. The lowest BCUT2D eigenvalue weighted by atomic mass is 11.5. The van der Waals surface area contributed by atoms with Gasteiger partial charge in [0, 0.05) is 0 Å². The van der Waals surface area contributed by atoms with Crippen molar-refractivity contribution >= 4 is 13.6 Å². The molecular weight excluding hydrogens is 164 g/mol. The molecule has 0 fully saturated rings. The van der Waals surface area contributed by atoms with Crippen molar-refractivity contribution in [2.45, 2.75) is 0 Å². The molecule has 0 saturated heterocycles. The molecule has 0 radical (unpaired) electrons. The molecule has 0 atom stereocenters. The molecule has 0 aliphatic carbocycles. The van der Waals surface area contributed by atoms with E-state index in [1.807, 2.05) is 0 Å². The zero-order valence-corrected chi connectivity index (χ0v) is 5.91. The first kappa shape index (κ1) is 9.58. The standard InChI is InChI=1S/C3H8NO5P/c5-3(6)1-4-2-10(7,8)9/h4H,1-2H2,(H,5,6)(H2,7,8,9)/i1+1,3+1,4+1. The van der Waals surface area contributed by atoms with E-state index in [9.17, 15) is 9.36 Å². The summed E-state index contributed by atoms with van der Waals surface area (Å²) in [5, 5.41) is 10.1. The van der Waals surface area contributed by atoms with Crippen LogP contribution in [0.25, 0.3) is 0 Å². The Hall–Kier alpha value is -0.420. The van der Waals surface area contributed by atoms with Crippen molar-refractivity contribution in [2.75, 3.05) is 12.8 Å².